The predicted molar refractivity (Wildman–Crippen MR) is 68.5 cm³/mol. The minimum absolute atomic E-state index is 0.225. The van der Waals surface area contributed by atoms with Crippen LogP contribution in [0.2, 0.25) is 0 Å². The molecule has 2 nitrogen and oxygen atoms in total. The van der Waals surface area contributed by atoms with E-state index in [1.165, 1.54) is 5.56 Å². The van der Waals surface area contributed by atoms with Crippen LogP contribution < -0.4 is 5.32 Å². The number of benzene rings is 1. The van der Waals surface area contributed by atoms with E-state index in [9.17, 15) is 0 Å². The van der Waals surface area contributed by atoms with Gasteiger partial charge in [-0.15, -0.1) is 0 Å². The van der Waals surface area contributed by atoms with Crippen molar-refractivity contribution in [2.45, 2.75) is 32.7 Å². The molecular formula is C14H23NO. The lowest BCUT2D eigenvalue weighted by Gasteiger charge is -2.19. The summed E-state index contributed by atoms with van der Waals surface area (Å²) in [7, 11) is 0. The van der Waals surface area contributed by atoms with Crippen LogP contribution in [0.15, 0.2) is 30.3 Å². The summed E-state index contributed by atoms with van der Waals surface area (Å²) in [4.78, 5) is 0. The number of hydrogen-bond donors (Lipinski definition) is 2. The zero-order valence-electron chi connectivity index (χ0n) is 10.3. The van der Waals surface area contributed by atoms with Gasteiger partial charge in [-0.2, -0.15) is 0 Å². The average Bonchev–Trinajstić information content (AvgIpc) is 2.30. The number of aliphatic hydroxyl groups is 1. The molecule has 1 unspecified atom stereocenters. The molecule has 0 fully saturated rings. The molecule has 1 aromatic rings. The molecule has 0 aliphatic rings. The summed E-state index contributed by atoms with van der Waals surface area (Å²) < 4.78 is 0. The first kappa shape index (κ1) is 13.2. The molecular weight excluding hydrogens is 198 g/mol. The Morgan fingerprint density at radius 2 is 1.88 bits per heavy atom. The molecule has 2 N–H and O–H groups in total. The number of rotatable bonds is 7. The second kappa shape index (κ2) is 7.42. The molecule has 0 spiro atoms. The predicted octanol–water partition coefficient (Wildman–Crippen LogP) is 2.23. The van der Waals surface area contributed by atoms with Crippen molar-refractivity contribution in [1.82, 2.24) is 5.32 Å². The van der Waals surface area contributed by atoms with E-state index in [-0.39, 0.29) is 12.6 Å². The summed E-state index contributed by atoms with van der Waals surface area (Å²) in [5.74, 6) is 0.488. The first-order valence-corrected chi connectivity index (χ1v) is 6.12. The molecule has 2 heteroatoms. The standard InChI is InChI=1S/C14H23NO/c1-12(2)14(11-16)15-10-6-9-13-7-4-3-5-8-13/h3-5,7-8,12,14-16H,6,9-11H2,1-2H3. The van der Waals surface area contributed by atoms with Crippen LogP contribution in [-0.2, 0) is 6.42 Å². The summed E-state index contributed by atoms with van der Waals surface area (Å²) in [6.07, 6.45) is 2.22. The third-order valence-electron chi connectivity index (χ3n) is 2.89. The molecule has 90 valence electrons. The Hall–Kier alpha value is -0.860. The Balaban J connectivity index is 2.16. The topological polar surface area (TPSA) is 32.3 Å². The van der Waals surface area contributed by atoms with Crippen molar-refractivity contribution in [2.75, 3.05) is 13.2 Å². The van der Waals surface area contributed by atoms with E-state index < -0.39 is 0 Å². The van der Waals surface area contributed by atoms with Crippen molar-refractivity contribution in [3.8, 4) is 0 Å². The van der Waals surface area contributed by atoms with Crippen LogP contribution in [0.25, 0.3) is 0 Å². The van der Waals surface area contributed by atoms with E-state index >= 15 is 0 Å². The summed E-state index contributed by atoms with van der Waals surface area (Å²) in [6.45, 7) is 5.46. The van der Waals surface area contributed by atoms with Gasteiger partial charge in [0.2, 0.25) is 0 Å². The number of aryl methyl sites for hydroxylation is 1. The van der Waals surface area contributed by atoms with Crippen molar-refractivity contribution in [1.29, 1.82) is 0 Å². The van der Waals surface area contributed by atoms with Gasteiger partial charge < -0.3 is 10.4 Å². The highest BCUT2D eigenvalue weighted by atomic mass is 16.3. The average molecular weight is 221 g/mol. The second-order valence-electron chi connectivity index (χ2n) is 4.58. The lowest BCUT2D eigenvalue weighted by atomic mass is 10.0. The van der Waals surface area contributed by atoms with Gasteiger partial charge in [0.1, 0.15) is 0 Å². The minimum atomic E-state index is 0.225. The smallest absolute Gasteiger partial charge is 0.0587 e. The van der Waals surface area contributed by atoms with E-state index in [2.05, 4.69) is 43.4 Å². The van der Waals surface area contributed by atoms with Gasteiger partial charge in [0, 0.05) is 6.04 Å². The van der Waals surface area contributed by atoms with Crippen LogP contribution in [0, 0.1) is 5.92 Å². The zero-order valence-corrected chi connectivity index (χ0v) is 10.3. The molecule has 0 saturated carbocycles. The van der Waals surface area contributed by atoms with Gasteiger partial charge in [-0.3, -0.25) is 0 Å². The van der Waals surface area contributed by atoms with Crippen LogP contribution in [0.1, 0.15) is 25.8 Å². The van der Waals surface area contributed by atoms with E-state index in [4.69, 9.17) is 5.11 Å². The highest BCUT2D eigenvalue weighted by molar-refractivity contribution is 5.14. The van der Waals surface area contributed by atoms with Crippen molar-refractivity contribution in [3.63, 3.8) is 0 Å². The third-order valence-corrected chi connectivity index (χ3v) is 2.89. The molecule has 0 saturated heterocycles. The van der Waals surface area contributed by atoms with Gasteiger partial charge in [-0.1, -0.05) is 44.2 Å². The van der Waals surface area contributed by atoms with Gasteiger partial charge >= 0.3 is 0 Å². The van der Waals surface area contributed by atoms with Crippen LogP contribution in [-0.4, -0.2) is 24.3 Å². The fraction of sp³-hybridized carbons (Fsp3) is 0.571. The first-order valence-electron chi connectivity index (χ1n) is 6.12. The number of hydrogen-bond acceptors (Lipinski definition) is 2. The monoisotopic (exact) mass is 221 g/mol. The van der Waals surface area contributed by atoms with Crippen molar-refractivity contribution < 1.29 is 5.11 Å². The van der Waals surface area contributed by atoms with E-state index in [1.54, 1.807) is 0 Å². The Bertz CT molecular complexity index is 271. The van der Waals surface area contributed by atoms with E-state index in [0.29, 0.717) is 5.92 Å². The molecule has 0 heterocycles. The Labute approximate surface area is 98.7 Å². The zero-order chi connectivity index (χ0) is 11.8. The van der Waals surface area contributed by atoms with Crippen LogP contribution >= 0.6 is 0 Å². The van der Waals surface area contributed by atoms with Crippen LogP contribution in [0.5, 0.6) is 0 Å². The number of aliphatic hydroxyl groups excluding tert-OH is 1. The summed E-state index contributed by atoms with van der Waals surface area (Å²) in [5.41, 5.74) is 1.38. The second-order valence-corrected chi connectivity index (χ2v) is 4.58. The van der Waals surface area contributed by atoms with Crippen LogP contribution in [0.3, 0.4) is 0 Å². The maximum absolute atomic E-state index is 9.15. The lowest BCUT2D eigenvalue weighted by Crippen LogP contribution is -2.37. The van der Waals surface area contributed by atoms with Crippen molar-refractivity contribution in [2.24, 2.45) is 5.92 Å². The fourth-order valence-corrected chi connectivity index (χ4v) is 1.74. The lowest BCUT2D eigenvalue weighted by molar-refractivity contribution is 0.211. The normalized spacial score (nSPS) is 13.0. The first-order chi connectivity index (χ1) is 7.74. The molecule has 0 bridgehead atoms. The van der Waals surface area contributed by atoms with Gasteiger partial charge in [-0.05, 0) is 30.9 Å². The van der Waals surface area contributed by atoms with Crippen molar-refractivity contribution in [3.05, 3.63) is 35.9 Å². The molecule has 0 aromatic heterocycles. The maximum atomic E-state index is 9.15. The summed E-state index contributed by atoms with van der Waals surface area (Å²) >= 11 is 0. The molecule has 0 radical (unpaired) electrons. The highest BCUT2D eigenvalue weighted by Crippen LogP contribution is 2.03. The number of nitrogens with one attached hydrogen (secondary N) is 1. The van der Waals surface area contributed by atoms with Gasteiger partial charge in [-0.25, -0.2) is 0 Å². The third kappa shape index (κ3) is 4.77. The van der Waals surface area contributed by atoms with Crippen LogP contribution in [0.4, 0.5) is 0 Å². The molecule has 16 heavy (non-hydrogen) atoms. The SMILES string of the molecule is CC(C)C(CO)NCCCc1ccccc1. The molecule has 0 aliphatic heterocycles. The minimum Gasteiger partial charge on any atom is -0.395 e. The largest absolute Gasteiger partial charge is 0.395 e. The highest BCUT2D eigenvalue weighted by Gasteiger charge is 2.09. The van der Waals surface area contributed by atoms with Crippen molar-refractivity contribution >= 4 is 0 Å². The van der Waals surface area contributed by atoms with Gasteiger partial charge in [0.15, 0.2) is 0 Å². The van der Waals surface area contributed by atoms with Gasteiger partial charge in [0.05, 0.1) is 6.61 Å². The molecule has 1 rings (SSSR count). The van der Waals surface area contributed by atoms with E-state index in [1.807, 2.05) is 6.07 Å². The summed E-state index contributed by atoms with van der Waals surface area (Å²) in [5, 5.41) is 12.5. The molecule has 0 amide bonds. The maximum Gasteiger partial charge on any atom is 0.0587 e. The Morgan fingerprint density at radius 3 is 2.44 bits per heavy atom. The summed E-state index contributed by atoms with van der Waals surface area (Å²) in [6, 6.07) is 10.7. The fourth-order valence-electron chi connectivity index (χ4n) is 1.74. The van der Waals surface area contributed by atoms with E-state index in [0.717, 1.165) is 19.4 Å². The molecule has 1 aromatic carbocycles. The van der Waals surface area contributed by atoms with Gasteiger partial charge in [0.25, 0.3) is 0 Å². The Kier molecular flexibility index (Phi) is 6.12. The Morgan fingerprint density at radius 1 is 1.19 bits per heavy atom. The molecule has 0 aliphatic carbocycles. The molecule has 1 atom stereocenters. The quantitative estimate of drug-likeness (QED) is 0.692.